The van der Waals surface area contributed by atoms with E-state index in [0.717, 1.165) is 33.3 Å². The Morgan fingerprint density at radius 2 is 1.43 bits per heavy atom. The standard InChI is InChI=1S/C29H27ClO12/c1-14(31)36-13-24-26(37-15(2)32)27(38-16(3)33)28(39-17(4)34)29(42-24)41-23-12-22-20(10-21(23)30)19(11-25(35)40-22)18-8-6-5-7-9-18/h5-12,24,26-29H,13H2,1-4H3/t24-,26-,27+,28-,29?/m1/s1. The quantitative estimate of drug-likeness (QED) is 0.210. The van der Waals surface area contributed by atoms with Crippen molar-refractivity contribution in [2.75, 3.05) is 6.61 Å². The minimum atomic E-state index is -1.52. The normalized spacial score (nSPS) is 21.7. The topological polar surface area (TPSA) is 154 Å². The number of esters is 4. The van der Waals surface area contributed by atoms with Crippen LogP contribution in [0.4, 0.5) is 0 Å². The molecule has 1 aliphatic rings. The summed E-state index contributed by atoms with van der Waals surface area (Å²) in [5, 5.41) is 0.584. The Balaban J connectivity index is 1.78. The van der Waals surface area contributed by atoms with Gasteiger partial charge in [-0.05, 0) is 17.2 Å². The molecule has 0 N–H and O–H groups in total. The molecule has 42 heavy (non-hydrogen) atoms. The Bertz CT molecular complexity index is 1550. The summed E-state index contributed by atoms with van der Waals surface area (Å²) in [6.07, 6.45) is -7.01. The molecule has 0 aliphatic carbocycles. The summed E-state index contributed by atoms with van der Waals surface area (Å²) in [7, 11) is 0. The predicted octanol–water partition coefficient (Wildman–Crippen LogP) is 3.58. The molecule has 1 saturated heterocycles. The molecule has 2 heterocycles. The van der Waals surface area contributed by atoms with Crippen LogP contribution in [0.25, 0.3) is 22.1 Å². The van der Waals surface area contributed by atoms with E-state index in [9.17, 15) is 24.0 Å². The first-order chi connectivity index (χ1) is 19.9. The summed E-state index contributed by atoms with van der Waals surface area (Å²) in [4.78, 5) is 60.1. The van der Waals surface area contributed by atoms with Gasteiger partial charge in [-0.1, -0.05) is 41.9 Å². The van der Waals surface area contributed by atoms with Gasteiger partial charge < -0.3 is 32.8 Å². The van der Waals surface area contributed by atoms with Gasteiger partial charge in [-0.2, -0.15) is 0 Å². The number of halogens is 1. The molecule has 0 amide bonds. The molecular formula is C29H27ClO12. The first kappa shape index (κ1) is 30.5. The first-order valence-corrected chi connectivity index (χ1v) is 13.1. The molecule has 0 radical (unpaired) electrons. The van der Waals surface area contributed by atoms with Gasteiger partial charge in [-0.25, -0.2) is 4.79 Å². The zero-order valence-electron chi connectivity index (χ0n) is 23.0. The molecule has 12 nitrogen and oxygen atoms in total. The van der Waals surface area contributed by atoms with E-state index < -0.39 is 66.8 Å². The lowest BCUT2D eigenvalue weighted by Crippen LogP contribution is -2.63. The largest absolute Gasteiger partial charge is 0.463 e. The number of carbonyl (C=O) groups excluding carboxylic acids is 4. The monoisotopic (exact) mass is 602 g/mol. The number of hydrogen-bond donors (Lipinski definition) is 0. The van der Waals surface area contributed by atoms with Crippen molar-refractivity contribution in [3.63, 3.8) is 0 Å². The van der Waals surface area contributed by atoms with Gasteiger partial charge in [0.2, 0.25) is 12.4 Å². The van der Waals surface area contributed by atoms with Crippen LogP contribution in [0.2, 0.25) is 5.02 Å². The van der Waals surface area contributed by atoms with Crippen molar-refractivity contribution in [2.45, 2.75) is 58.4 Å². The van der Waals surface area contributed by atoms with Crippen LogP contribution in [0.3, 0.4) is 0 Å². The van der Waals surface area contributed by atoms with Gasteiger partial charge in [0, 0.05) is 45.2 Å². The highest BCUT2D eigenvalue weighted by Crippen LogP contribution is 2.37. The Morgan fingerprint density at radius 3 is 2.05 bits per heavy atom. The molecule has 1 aliphatic heterocycles. The van der Waals surface area contributed by atoms with Gasteiger partial charge in [0.15, 0.2) is 12.2 Å². The SMILES string of the molecule is CC(=O)OC[C@H]1OC(Oc2cc3oc(=O)cc(-c4ccccc4)c3cc2Cl)[C@H](OC(C)=O)[C@@H](OC(C)=O)[C@@H]1OC(C)=O. The summed E-state index contributed by atoms with van der Waals surface area (Å²) in [5.41, 5.74) is 0.829. The second-order valence-electron chi connectivity index (χ2n) is 9.31. The van der Waals surface area contributed by atoms with E-state index in [1.54, 1.807) is 0 Å². The fraction of sp³-hybridized carbons (Fsp3) is 0.345. The van der Waals surface area contributed by atoms with Gasteiger partial charge in [0.1, 0.15) is 24.0 Å². The second kappa shape index (κ2) is 13.0. The minimum absolute atomic E-state index is 0.0431. The smallest absolute Gasteiger partial charge is 0.336 e. The number of hydrogen-bond acceptors (Lipinski definition) is 12. The molecule has 0 bridgehead atoms. The van der Waals surface area contributed by atoms with Crippen LogP contribution in [0.1, 0.15) is 27.7 Å². The van der Waals surface area contributed by atoms with Crippen LogP contribution in [0, 0.1) is 0 Å². The van der Waals surface area contributed by atoms with E-state index in [1.165, 1.54) is 18.2 Å². The Morgan fingerprint density at radius 1 is 0.810 bits per heavy atom. The second-order valence-corrected chi connectivity index (χ2v) is 9.72. The summed E-state index contributed by atoms with van der Waals surface area (Å²) < 4.78 is 38.7. The number of rotatable bonds is 8. The van der Waals surface area contributed by atoms with Crippen molar-refractivity contribution in [2.24, 2.45) is 0 Å². The molecule has 5 atom stereocenters. The van der Waals surface area contributed by atoms with Crippen molar-refractivity contribution in [3.8, 4) is 16.9 Å². The van der Waals surface area contributed by atoms with Crippen LogP contribution in [-0.2, 0) is 42.9 Å². The first-order valence-electron chi connectivity index (χ1n) is 12.7. The van der Waals surface area contributed by atoms with Gasteiger partial charge in [-0.3, -0.25) is 19.2 Å². The highest BCUT2D eigenvalue weighted by molar-refractivity contribution is 6.33. The molecule has 3 aromatic rings. The van der Waals surface area contributed by atoms with E-state index in [-0.39, 0.29) is 16.4 Å². The zero-order chi connectivity index (χ0) is 30.6. The maximum Gasteiger partial charge on any atom is 0.336 e. The van der Waals surface area contributed by atoms with Gasteiger partial charge in [0.25, 0.3) is 0 Å². The van der Waals surface area contributed by atoms with E-state index in [1.807, 2.05) is 30.3 Å². The van der Waals surface area contributed by atoms with Crippen LogP contribution in [-0.4, -0.2) is 61.2 Å². The number of fused-ring (bicyclic) bond motifs is 1. The van der Waals surface area contributed by atoms with Crippen LogP contribution in [0.5, 0.6) is 5.75 Å². The van der Waals surface area contributed by atoms with E-state index in [2.05, 4.69) is 0 Å². The molecule has 1 unspecified atom stereocenters. The molecule has 0 saturated carbocycles. The highest BCUT2D eigenvalue weighted by Gasteiger charge is 2.53. The number of carbonyl (C=O) groups is 4. The summed E-state index contributed by atoms with van der Waals surface area (Å²) >= 11 is 6.60. The maximum absolute atomic E-state index is 12.4. The summed E-state index contributed by atoms with van der Waals surface area (Å²) in [5.74, 6) is -3.06. The lowest BCUT2D eigenvalue weighted by molar-refractivity contribution is -0.288. The van der Waals surface area contributed by atoms with Crippen molar-refractivity contribution >= 4 is 46.4 Å². The summed E-state index contributed by atoms with van der Waals surface area (Å²) in [6, 6.07) is 13.4. The molecule has 2 aromatic carbocycles. The minimum Gasteiger partial charge on any atom is -0.463 e. The molecule has 1 fully saturated rings. The average molecular weight is 603 g/mol. The molecule has 1 aromatic heterocycles. The lowest BCUT2D eigenvalue weighted by atomic mass is 9.98. The Hall–Kier alpha value is -4.42. The molecular weight excluding hydrogens is 576 g/mol. The lowest BCUT2D eigenvalue weighted by Gasteiger charge is -2.43. The maximum atomic E-state index is 12.4. The van der Waals surface area contributed by atoms with Crippen LogP contribution in [0.15, 0.2) is 57.7 Å². The third kappa shape index (κ3) is 7.25. The van der Waals surface area contributed by atoms with Crippen molar-refractivity contribution in [1.82, 2.24) is 0 Å². The van der Waals surface area contributed by atoms with E-state index in [4.69, 9.17) is 44.4 Å². The predicted molar refractivity (Wildman–Crippen MR) is 146 cm³/mol. The fourth-order valence-corrected chi connectivity index (χ4v) is 4.73. The summed E-state index contributed by atoms with van der Waals surface area (Å²) in [6.45, 7) is 4.06. The van der Waals surface area contributed by atoms with Crippen LogP contribution >= 0.6 is 11.6 Å². The molecule has 0 spiro atoms. The molecule has 4 rings (SSSR count). The van der Waals surface area contributed by atoms with Crippen molar-refractivity contribution < 1.29 is 52.0 Å². The zero-order valence-corrected chi connectivity index (χ0v) is 23.7. The fourth-order valence-electron chi connectivity index (χ4n) is 4.52. The van der Waals surface area contributed by atoms with Crippen molar-refractivity contribution in [3.05, 3.63) is 64.0 Å². The number of benzene rings is 2. The molecule has 13 heteroatoms. The Kier molecular flexibility index (Phi) is 9.48. The van der Waals surface area contributed by atoms with Gasteiger partial charge in [-0.15, -0.1) is 0 Å². The molecule has 222 valence electrons. The third-order valence-electron chi connectivity index (χ3n) is 6.07. The highest BCUT2D eigenvalue weighted by atomic mass is 35.5. The Labute approximate surface area is 244 Å². The average Bonchev–Trinajstić information content (AvgIpc) is 2.91. The van der Waals surface area contributed by atoms with E-state index in [0.29, 0.717) is 10.9 Å². The van der Waals surface area contributed by atoms with E-state index >= 15 is 0 Å². The van der Waals surface area contributed by atoms with Gasteiger partial charge in [0.05, 0.1) is 5.02 Å². The van der Waals surface area contributed by atoms with Crippen LogP contribution < -0.4 is 10.4 Å². The third-order valence-corrected chi connectivity index (χ3v) is 6.37. The van der Waals surface area contributed by atoms with Gasteiger partial charge >= 0.3 is 29.5 Å². The number of ether oxygens (including phenoxy) is 6. The van der Waals surface area contributed by atoms with Crippen molar-refractivity contribution in [1.29, 1.82) is 0 Å².